The predicted octanol–water partition coefficient (Wildman–Crippen LogP) is 7.77. The van der Waals surface area contributed by atoms with E-state index in [2.05, 4.69) is 107 Å². The molecular weight excluding hydrogens is 640 g/mol. The van der Waals surface area contributed by atoms with Crippen LogP contribution in [0.4, 0.5) is 16.2 Å². The van der Waals surface area contributed by atoms with Crippen molar-refractivity contribution in [2.45, 2.75) is 89.9 Å². The summed E-state index contributed by atoms with van der Waals surface area (Å²) in [5.74, 6) is -0.666. The number of methoxy groups -OCH3 is 1. The lowest BCUT2D eigenvalue weighted by Crippen LogP contribution is -2.54. The van der Waals surface area contributed by atoms with Gasteiger partial charge in [0.05, 0.1) is 37.4 Å². The van der Waals surface area contributed by atoms with Gasteiger partial charge in [0.25, 0.3) is 0 Å². The minimum absolute atomic E-state index is 0.0595. The van der Waals surface area contributed by atoms with Crippen molar-refractivity contribution in [1.29, 1.82) is 0 Å². The van der Waals surface area contributed by atoms with Gasteiger partial charge in [-0.3, -0.25) is 9.59 Å². The van der Waals surface area contributed by atoms with Crippen molar-refractivity contribution < 1.29 is 19.1 Å². The van der Waals surface area contributed by atoms with E-state index < -0.39 is 18.2 Å². The smallest absolute Gasteiger partial charge is 0.407 e. The number of imidazole rings is 1. The molecule has 10 heteroatoms. The molecular formula is C41H50N6O4. The van der Waals surface area contributed by atoms with E-state index in [0.29, 0.717) is 25.1 Å². The summed E-state index contributed by atoms with van der Waals surface area (Å²) in [6.45, 7) is 10.9. The highest BCUT2D eigenvalue weighted by Crippen LogP contribution is 2.47. The number of ether oxygens (including phenoxy) is 1. The lowest BCUT2D eigenvalue weighted by Gasteiger charge is -2.34. The third-order valence-electron chi connectivity index (χ3n) is 10.3. The number of aromatic amines is 1. The van der Waals surface area contributed by atoms with E-state index in [1.807, 2.05) is 32.2 Å². The van der Waals surface area contributed by atoms with Crippen LogP contribution in [0.2, 0.25) is 0 Å². The van der Waals surface area contributed by atoms with Crippen LogP contribution in [0, 0.1) is 5.92 Å². The monoisotopic (exact) mass is 690 g/mol. The van der Waals surface area contributed by atoms with Gasteiger partial charge in [-0.15, -0.1) is 0 Å². The van der Waals surface area contributed by atoms with Crippen molar-refractivity contribution in [3.05, 3.63) is 102 Å². The SMILES string of the molecule is COC(=O)N[C@H](C(=O)N1CCC[C@H]1C(=O)Nc1ccc([C@@H]2CC[C@H](c3ccc(-c4cnc[nH]4)cc3)N2c2ccc(C(C)(C)C)cc2)cc1)C(C)C. The maximum Gasteiger partial charge on any atom is 0.407 e. The van der Waals surface area contributed by atoms with Crippen molar-refractivity contribution in [3.8, 4) is 11.3 Å². The first kappa shape index (κ1) is 35.7. The van der Waals surface area contributed by atoms with E-state index >= 15 is 0 Å². The van der Waals surface area contributed by atoms with E-state index in [1.165, 1.54) is 29.5 Å². The molecule has 10 nitrogen and oxygen atoms in total. The van der Waals surface area contributed by atoms with Crippen molar-refractivity contribution in [2.75, 3.05) is 23.9 Å². The number of hydrogen-bond acceptors (Lipinski definition) is 6. The van der Waals surface area contributed by atoms with Gasteiger partial charge >= 0.3 is 6.09 Å². The van der Waals surface area contributed by atoms with Gasteiger partial charge in [0.1, 0.15) is 12.1 Å². The van der Waals surface area contributed by atoms with Crippen molar-refractivity contribution >= 4 is 29.3 Å². The standard InChI is InChI=1S/C41H50N6O4/c1-26(2)37(45-40(50)51-6)39(49)46-23-7-8-36(46)38(48)44-31-17-13-29(14-18-31)35-22-21-34(28-11-9-27(10-12-28)33-24-42-25-43-33)47(35)32-19-15-30(16-20-32)41(3,4)5/h9-20,24-26,34-37H,7-8,21-23H2,1-6H3,(H,42,43)(H,44,48)(H,45,50)/t34-,35+,36+,37+/m1/s1. The topological polar surface area (TPSA) is 120 Å². The number of H-pyrrole nitrogens is 1. The van der Waals surface area contributed by atoms with Crippen molar-refractivity contribution in [1.82, 2.24) is 20.2 Å². The number of amides is 3. The fourth-order valence-corrected chi connectivity index (χ4v) is 7.45. The molecule has 2 aliphatic rings. The first-order valence-corrected chi connectivity index (χ1v) is 18.0. The number of nitrogens with zero attached hydrogens (tertiary/aromatic N) is 3. The minimum Gasteiger partial charge on any atom is -0.453 e. The van der Waals surface area contributed by atoms with Gasteiger partial charge in [-0.05, 0) is 83.5 Å². The largest absolute Gasteiger partial charge is 0.453 e. The molecule has 1 aromatic heterocycles. The summed E-state index contributed by atoms with van der Waals surface area (Å²) in [5.41, 5.74) is 7.76. The summed E-state index contributed by atoms with van der Waals surface area (Å²) >= 11 is 0. The zero-order valence-electron chi connectivity index (χ0n) is 30.5. The Kier molecular flexibility index (Phi) is 10.5. The van der Waals surface area contributed by atoms with Crippen LogP contribution in [0.3, 0.4) is 0 Å². The van der Waals surface area contributed by atoms with Crippen LogP contribution in [-0.4, -0.2) is 58.5 Å². The molecule has 0 bridgehead atoms. The highest BCUT2D eigenvalue weighted by atomic mass is 16.5. The molecule has 3 aromatic carbocycles. The molecule has 2 aliphatic heterocycles. The normalized spacial score (nSPS) is 19.6. The molecule has 268 valence electrons. The van der Waals surface area contributed by atoms with Crippen LogP contribution >= 0.6 is 0 Å². The van der Waals surface area contributed by atoms with E-state index in [0.717, 1.165) is 24.1 Å². The lowest BCUT2D eigenvalue weighted by molar-refractivity contribution is -0.139. The Morgan fingerprint density at radius 1 is 0.882 bits per heavy atom. The van der Waals surface area contributed by atoms with Gasteiger partial charge in [0.15, 0.2) is 0 Å². The van der Waals surface area contributed by atoms with E-state index in [4.69, 9.17) is 4.74 Å². The van der Waals surface area contributed by atoms with Crippen LogP contribution in [0.5, 0.6) is 0 Å². The van der Waals surface area contributed by atoms with Gasteiger partial charge < -0.3 is 30.2 Å². The maximum atomic E-state index is 13.5. The van der Waals surface area contributed by atoms with Gasteiger partial charge in [-0.25, -0.2) is 9.78 Å². The van der Waals surface area contributed by atoms with E-state index in [-0.39, 0.29) is 35.2 Å². The molecule has 6 rings (SSSR count). The summed E-state index contributed by atoms with van der Waals surface area (Å²) < 4.78 is 4.73. The van der Waals surface area contributed by atoms with Gasteiger partial charge in [0.2, 0.25) is 11.8 Å². The second kappa shape index (κ2) is 15.0. The molecule has 3 heterocycles. The zero-order chi connectivity index (χ0) is 36.3. The highest BCUT2D eigenvalue weighted by Gasteiger charge is 2.39. The van der Waals surface area contributed by atoms with E-state index in [1.54, 1.807) is 11.2 Å². The number of anilines is 2. The fraction of sp³-hybridized carbons (Fsp3) is 0.415. The first-order valence-electron chi connectivity index (χ1n) is 18.0. The van der Waals surface area contributed by atoms with Crippen LogP contribution in [-0.2, 0) is 19.7 Å². The molecule has 0 radical (unpaired) electrons. The molecule has 3 N–H and O–H groups in total. The molecule has 2 saturated heterocycles. The number of hydrogen-bond donors (Lipinski definition) is 3. The molecule has 0 spiro atoms. The lowest BCUT2D eigenvalue weighted by atomic mass is 9.87. The Balaban J connectivity index is 1.20. The summed E-state index contributed by atoms with van der Waals surface area (Å²) in [4.78, 5) is 50.5. The number of rotatable bonds is 9. The number of nitrogens with one attached hydrogen (secondary N) is 3. The Labute approximate surface area is 301 Å². The molecule has 3 amide bonds. The van der Waals surface area contributed by atoms with E-state index in [9.17, 15) is 14.4 Å². The van der Waals surface area contributed by atoms with Crippen LogP contribution in [0.15, 0.2) is 85.3 Å². The Morgan fingerprint density at radius 3 is 2.06 bits per heavy atom. The summed E-state index contributed by atoms with van der Waals surface area (Å²) in [6, 6.07) is 24.8. The molecule has 0 saturated carbocycles. The first-order chi connectivity index (χ1) is 24.4. The van der Waals surface area contributed by atoms with Gasteiger partial charge in [0, 0.05) is 17.9 Å². The quantitative estimate of drug-likeness (QED) is 0.165. The average molecular weight is 691 g/mol. The molecule has 51 heavy (non-hydrogen) atoms. The minimum atomic E-state index is -0.776. The Hall–Kier alpha value is -5.12. The maximum absolute atomic E-state index is 13.5. The molecule has 0 aliphatic carbocycles. The third-order valence-corrected chi connectivity index (χ3v) is 10.3. The number of carbonyl (C=O) groups is 3. The number of benzene rings is 3. The molecule has 2 fully saturated rings. The summed E-state index contributed by atoms with van der Waals surface area (Å²) in [7, 11) is 1.27. The zero-order valence-corrected chi connectivity index (χ0v) is 30.5. The number of likely N-dealkylation sites (tertiary alicyclic amines) is 1. The molecule has 0 unspecified atom stereocenters. The Bertz CT molecular complexity index is 1800. The summed E-state index contributed by atoms with van der Waals surface area (Å²) in [5, 5.41) is 5.70. The highest BCUT2D eigenvalue weighted by molar-refractivity contribution is 5.98. The van der Waals surface area contributed by atoms with Crippen LogP contribution < -0.4 is 15.5 Å². The third kappa shape index (κ3) is 7.80. The predicted molar refractivity (Wildman–Crippen MR) is 200 cm³/mol. The number of alkyl carbamates (subject to hydrolysis) is 1. The number of aromatic nitrogens is 2. The van der Waals surface area contributed by atoms with Crippen molar-refractivity contribution in [3.63, 3.8) is 0 Å². The second-order valence-corrected chi connectivity index (χ2v) is 15.1. The fourth-order valence-electron chi connectivity index (χ4n) is 7.45. The van der Waals surface area contributed by atoms with Gasteiger partial charge in [-0.1, -0.05) is 83.1 Å². The van der Waals surface area contributed by atoms with Gasteiger partial charge in [-0.2, -0.15) is 0 Å². The van der Waals surface area contributed by atoms with Crippen molar-refractivity contribution in [2.24, 2.45) is 5.92 Å². The Morgan fingerprint density at radius 2 is 1.51 bits per heavy atom. The van der Waals surface area contributed by atoms with Crippen LogP contribution in [0.1, 0.15) is 89.1 Å². The number of carbonyl (C=O) groups excluding carboxylic acids is 3. The molecule has 4 aromatic rings. The summed E-state index contributed by atoms with van der Waals surface area (Å²) in [6.07, 6.45) is 6.13. The second-order valence-electron chi connectivity index (χ2n) is 15.1. The molecule has 4 atom stereocenters. The van der Waals surface area contributed by atoms with Crippen LogP contribution in [0.25, 0.3) is 11.3 Å². The average Bonchev–Trinajstić information content (AvgIpc) is 3.92.